The maximum absolute atomic E-state index is 13.3. The van der Waals surface area contributed by atoms with Crippen molar-refractivity contribution in [3.63, 3.8) is 0 Å². The van der Waals surface area contributed by atoms with Gasteiger partial charge in [-0.05, 0) is 92.7 Å². The Morgan fingerprint density at radius 2 is 1.20 bits per heavy atom. The van der Waals surface area contributed by atoms with Gasteiger partial charge in [0.05, 0.1) is 16.3 Å². The van der Waals surface area contributed by atoms with E-state index in [4.69, 9.17) is 4.74 Å². The van der Waals surface area contributed by atoms with Crippen molar-refractivity contribution >= 4 is 28.9 Å². The van der Waals surface area contributed by atoms with Crippen LogP contribution in [-0.2, 0) is 29.8 Å². The van der Waals surface area contributed by atoms with E-state index in [0.29, 0.717) is 17.8 Å². The van der Waals surface area contributed by atoms with E-state index in [0.717, 1.165) is 38.5 Å². The molecule has 4 fully saturated rings. The lowest BCUT2D eigenvalue weighted by Crippen LogP contribution is -2.51. The molecule has 0 atom stereocenters. The predicted molar refractivity (Wildman–Crippen MR) is 148 cm³/mol. The Bertz CT molecular complexity index is 1100. The number of carbonyl (C=O) groups is 1. The Kier molecular flexibility index (Phi) is 9.48. The van der Waals surface area contributed by atoms with Gasteiger partial charge in [0.15, 0.2) is 21.3 Å². The van der Waals surface area contributed by atoms with Crippen LogP contribution in [0.1, 0.15) is 38.5 Å². The number of hydrogen-bond donors (Lipinski definition) is 0. The summed E-state index contributed by atoms with van der Waals surface area (Å²) in [6.07, 6.45) is 5.76. The molecule has 3 aromatic rings. The highest BCUT2D eigenvalue weighted by Crippen LogP contribution is 2.60. The van der Waals surface area contributed by atoms with Gasteiger partial charge in [-0.15, -0.1) is 0 Å². The molecule has 0 amide bonds. The summed E-state index contributed by atoms with van der Waals surface area (Å²) >= 11 is -0.448. The molecule has 3 aromatic carbocycles. The second kappa shape index (κ2) is 13.0. The highest BCUT2D eigenvalue weighted by Gasteiger charge is 2.56. The van der Waals surface area contributed by atoms with Crippen molar-refractivity contribution in [1.82, 2.24) is 0 Å². The van der Waals surface area contributed by atoms with Gasteiger partial charge in [0, 0.05) is 0 Å². The molecule has 0 spiro atoms. The van der Waals surface area contributed by atoms with E-state index in [1.54, 1.807) is 0 Å². The molecule has 7 rings (SSSR count). The zero-order valence-electron chi connectivity index (χ0n) is 22.0. The Labute approximate surface area is 240 Å². The average Bonchev–Trinajstić information content (AvgIpc) is 2.96. The van der Waals surface area contributed by atoms with Gasteiger partial charge >= 0.3 is 11.2 Å². The summed E-state index contributed by atoms with van der Waals surface area (Å²) in [6, 6.07) is 32.2. The van der Waals surface area contributed by atoms with Crippen molar-refractivity contribution in [2.75, 3.05) is 6.61 Å². The molecule has 0 N–H and O–H groups in total. The molecule has 0 heterocycles. The molecule has 4 aliphatic rings. The highest BCUT2D eigenvalue weighted by molar-refractivity contribution is 7.97. The molecule has 0 radical (unpaired) electrons. The molecule has 9 heteroatoms. The van der Waals surface area contributed by atoms with Gasteiger partial charge in [0.25, 0.3) is 0 Å². The minimum absolute atomic E-state index is 0.0146. The molecule has 212 valence electrons. The summed E-state index contributed by atoms with van der Waals surface area (Å²) in [7, 11) is -0.0146. The van der Waals surface area contributed by atoms with Crippen LogP contribution in [-0.4, -0.2) is 17.8 Å². The lowest BCUT2D eigenvalue weighted by atomic mass is 9.49. The summed E-state index contributed by atoms with van der Waals surface area (Å²) in [4.78, 5) is 16.4. The minimum atomic E-state index is -3.50. The number of ether oxygens (including phenoxy) is 1. The highest BCUT2D eigenvalue weighted by atomic mass is 32.2. The van der Waals surface area contributed by atoms with Gasteiger partial charge < -0.3 is 9.99 Å². The van der Waals surface area contributed by atoms with Crippen molar-refractivity contribution in [3.05, 3.63) is 91.0 Å². The number of halogens is 2. The van der Waals surface area contributed by atoms with Crippen LogP contribution in [0.25, 0.3) is 0 Å². The molecule has 40 heavy (non-hydrogen) atoms. The molecule has 4 saturated carbocycles. The normalized spacial score (nSPS) is 24.9. The lowest BCUT2D eigenvalue weighted by Gasteiger charge is -2.55. The van der Waals surface area contributed by atoms with E-state index >= 15 is 0 Å². The summed E-state index contributed by atoms with van der Waals surface area (Å²) < 4.78 is 35.0. The summed E-state index contributed by atoms with van der Waals surface area (Å²) in [5.74, 6) is 1.09. The molecule has 0 aromatic heterocycles. The van der Waals surface area contributed by atoms with E-state index in [-0.39, 0.29) is 10.9 Å². The second-order valence-corrected chi connectivity index (χ2v) is 13.8. The predicted octanol–water partition coefficient (Wildman–Crippen LogP) is 6.99. The van der Waals surface area contributed by atoms with Crippen LogP contribution >= 0.6 is 12.0 Å². The zero-order chi connectivity index (χ0) is 28.0. The van der Waals surface area contributed by atoms with E-state index < -0.39 is 35.3 Å². The fourth-order valence-electron chi connectivity index (χ4n) is 6.83. The molecule has 0 saturated heterocycles. The van der Waals surface area contributed by atoms with Gasteiger partial charge in [-0.25, -0.2) is 0 Å². The van der Waals surface area contributed by atoms with E-state index in [1.807, 2.05) is 0 Å². The van der Waals surface area contributed by atoms with Crippen LogP contribution in [0.5, 0.6) is 0 Å². The van der Waals surface area contributed by atoms with Gasteiger partial charge in [-0.1, -0.05) is 54.6 Å². The third-order valence-corrected chi connectivity index (χ3v) is 10.7. The van der Waals surface area contributed by atoms with Crippen molar-refractivity contribution in [2.24, 2.45) is 23.2 Å². The first-order valence-electron chi connectivity index (χ1n) is 13.5. The average molecular weight is 587 g/mol. The molecule has 0 unspecified atom stereocenters. The van der Waals surface area contributed by atoms with Gasteiger partial charge in [-0.2, -0.15) is 13.1 Å². The Hall–Kier alpha value is -2.43. The number of alkyl halides is 2. The van der Waals surface area contributed by atoms with Crippen LogP contribution in [0.2, 0.25) is 0 Å². The Balaban J connectivity index is 0.000000162. The van der Waals surface area contributed by atoms with Crippen molar-refractivity contribution < 1.29 is 32.9 Å². The van der Waals surface area contributed by atoms with E-state index in [9.17, 15) is 18.8 Å². The van der Waals surface area contributed by atoms with Crippen LogP contribution in [0.4, 0.5) is 8.78 Å². The maximum Gasteiger partial charge on any atom is 0.354 e. The van der Waals surface area contributed by atoms with Crippen LogP contribution < -0.4 is 5.26 Å². The lowest BCUT2D eigenvalue weighted by molar-refractivity contribution is -0.777. The van der Waals surface area contributed by atoms with E-state index in [2.05, 4.69) is 100 Å². The topological polar surface area (TPSA) is 67.8 Å². The first-order valence-corrected chi connectivity index (χ1v) is 15.4. The van der Waals surface area contributed by atoms with Crippen LogP contribution in [0.3, 0.4) is 0 Å². The Morgan fingerprint density at radius 1 is 0.800 bits per heavy atom. The molecule has 4 aliphatic carbocycles. The minimum Gasteiger partial charge on any atom is -0.691 e. The number of esters is 1. The number of rotatable bonds is 9. The standard InChI is InChI=1S/C18H15S.C13H18F2O5S/c1-4-10-16(11-5-1)19(17-12-6-2-7-13-17)18-14-8-3-9-15-18;14-13(15,21-20-19-17)7-18-11(16)12-4-8-1-9(5-12)3-10(2-8)6-12/h1-15H;8-10,17H,1-7H2/q+1;/p-1. The Morgan fingerprint density at radius 3 is 1.57 bits per heavy atom. The van der Waals surface area contributed by atoms with Crippen molar-refractivity contribution in [2.45, 2.75) is 58.5 Å². The molecular formula is C31H32F2O5S2. The zero-order valence-corrected chi connectivity index (χ0v) is 23.6. The number of benzene rings is 3. The smallest absolute Gasteiger partial charge is 0.354 e. The fourth-order valence-corrected chi connectivity index (χ4v) is 9.17. The summed E-state index contributed by atoms with van der Waals surface area (Å²) in [6.45, 7) is -1.11. The van der Waals surface area contributed by atoms with Crippen LogP contribution in [0, 0.1) is 23.2 Å². The quantitative estimate of drug-likeness (QED) is 0.0885. The SMILES string of the molecule is O=C(OCC(F)(F)SOO[O-])C12CC3CC(CC(C3)C1)C2.c1ccc([S+](c2ccccc2)c2ccccc2)cc1. The van der Waals surface area contributed by atoms with Gasteiger partial charge in [-0.3, -0.25) is 9.83 Å². The third-order valence-electron chi connectivity index (χ3n) is 7.96. The van der Waals surface area contributed by atoms with Crippen molar-refractivity contribution in [3.8, 4) is 0 Å². The van der Waals surface area contributed by atoms with E-state index in [1.165, 1.54) is 14.7 Å². The second-order valence-electron chi connectivity index (χ2n) is 10.9. The molecular weight excluding hydrogens is 554 g/mol. The first kappa shape index (κ1) is 29.1. The largest absolute Gasteiger partial charge is 0.691 e. The first-order chi connectivity index (χ1) is 19.4. The number of hydrogen-bond acceptors (Lipinski definition) is 6. The third kappa shape index (κ3) is 7.06. The monoisotopic (exact) mass is 586 g/mol. The molecule has 5 nitrogen and oxygen atoms in total. The van der Waals surface area contributed by atoms with Crippen LogP contribution in [0.15, 0.2) is 106 Å². The van der Waals surface area contributed by atoms with Crippen molar-refractivity contribution in [1.29, 1.82) is 0 Å². The summed E-state index contributed by atoms with van der Waals surface area (Å²) in [5, 5.41) is 8.94. The molecule has 0 aliphatic heterocycles. The van der Waals surface area contributed by atoms with Gasteiger partial charge in [0.2, 0.25) is 0 Å². The summed E-state index contributed by atoms with van der Waals surface area (Å²) in [5.41, 5.74) is -0.564. The fraction of sp³-hybridized carbons (Fsp3) is 0.387. The maximum atomic E-state index is 13.3. The number of carbonyl (C=O) groups excluding carboxylic acids is 1. The van der Waals surface area contributed by atoms with Gasteiger partial charge in [0.1, 0.15) is 12.0 Å². The molecule has 4 bridgehead atoms.